The van der Waals surface area contributed by atoms with Crippen molar-refractivity contribution in [3.8, 4) is 11.5 Å². The first-order valence-corrected chi connectivity index (χ1v) is 6.91. The van der Waals surface area contributed by atoms with Crippen molar-refractivity contribution >= 4 is 11.4 Å². The van der Waals surface area contributed by atoms with Crippen LogP contribution in [-0.2, 0) is 24.2 Å². The summed E-state index contributed by atoms with van der Waals surface area (Å²) in [5.74, 6) is 1.26. The molecular weight excluding hydrogens is 359 g/mol. The van der Waals surface area contributed by atoms with Gasteiger partial charge >= 0.3 is 25.2 Å². The maximum absolute atomic E-state index is 9.09. The summed E-state index contributed by atoms with van der Waals surface area (Å²) in [6.07, 6.45) is 0. The fraction of sp³-hybridized carbons (Fsp3) is 0.571. The molecule has 22 heavy (non-hydrogen) atoms. The molecule has 0 aromatic heterocycles. The zero-order chi connectivity index (χ0) is 14.4. The third kappa shape index (κ3) is 4.98. The number of diazo groups is 1. The molecule has 2 rings (SSSR count). The SMILES string of the molecule is CCOc1cc(N2CCOCC2)c(OCC)cc1[N+]#N.[Cl-].[Zn+2]. The molecule has 1 aliphatic rings. The molecule has 0 unspecified atom stereocenters. The van der Waals surface area contributed by atoms with Gasteiger partial charge in [0, 0.05) is 19.2 Å². The van der Waals surface area contributed by atoms with Crippen LogP contribution < -0.4 is 26.8 Å². The fourth-order valence-electron chi connectivity index (χ4n) is 2.21. The first-order valence-electron chi connectivity index (χ1n) is 6.91. The molecule has 0 saturated carbocycles. The Labute approximate surface area is 149 Å². The van der Waals surface area contributed by atoms with E-state index in [0.717, 1.165) is 18.8 Å². The summed E-state index contributed by atoms with van der Waals surface area (Å²) in [4.78, 5) is 5.46. The molecule has 0 bridgehead atoms. The molecule has 0 atom stereocenters. The van der Waals surface area contributed by atoms with Crippen LogP contribution in [0.25, 0.3) is 4.98 Å². The van der Waals surface area contributed by atoms with Crippen molar-refractivity contribution in [2.75, 3.05) is 44.4 Å². The largest absolute Gasteiger partial charge is 2.00 e. The van der Waals surface area contributed by atoms with Crippen LogP contribution >= 0.6 is 0 Å². The topological polar surface area (TPSA) is 59.1 Å². The predicted octanol–water partition coefficient (Wildman–Crippen LogP) is -0.193. The van der Waals surface area contributed by atoms with Crippen LogP contribution in [0.2, 0.25) is 0 Å². The minimum Gasteiger partial charge on any atom is -1.00 e. The predicted molar refractivity (Wildman–Crippen MR) is 76.6 cm³/mol. The van der Waals surface area contributed by atoms with E-state index in [2.05, 4.69) is 9.88 Å². The van der Waals surface area contributed by atoms with Gasteiger partial charge in [-0.1, -0.05) is 0 Å². The van der Waals surface area contributed by atoms with Crippen LogP contribution in [0.1, 0.15) is 13.8 Å². The number of hydrogen-bond donors (Lipinski definition) is 0. The molecular formula is C14H20ClN3O3Zn+2. The first kappa shape index (κ1) is 20.9. The smallest absolute Gasteiger partial charge is 1.00 e. The molecule has 6 nitrogen and oxygen atoms in total. The van der Waals surface area contributed by atoms with Gasteiger partial charge < -0.3 is 31.5 Å². The third-order valence-electron chi connectivity index (χ3n) is 3.10. The zero-order valence-electron chi connectivity index (χ0n) is 13.0. The van der Waals surface area contributed by atoms with E-state index in [9.17, 15) is 0 Å². The summed E-state index contributed by atoms with van der Waals surface area (Å²) in [7, 11) is 0. The molecule has 0 spiro atoms. The molecule has 1 aliphatic heterocycles. The minimum absolute atomic E-state index is 0. The summed E-state index contributed by atoms with van der Waals surface area (Å²) in [6, 6.07) is 3.58. The van der Waals surface area contributed by atoms with E-state index >= 15 is 0 Å². The van der Waals surface area contributed by atoms with Gasteiger partial charge in [0.2, 0.25) is 11.1 Å². The molecule has 1 heterocycles. The standard InChI is InChI=1S/C14H20N3O3.ClH.Zn/c1-3-19-13-10-12(17-5-7-18-8-6-17)14(20-4-2)9-11(13)16-15;;/h9-10H,3-8H2,1-2H3;1H;/q+1;;+2/p-1. The van der Waals surface area contributed by atoms with Crippen LogP contribution in [0.15, 0.2) is 12.1 Å². The van der Waals surface area contributed by atoms with E-state index < -0.39 is 0 Å². The Morgan fingerprint density at radius 1 is 1.14 bits per heavy atom. The Morgan fingerprint density at radius 3 is 2.27 bits per heavy atom. The molecule has 0 radical (unpaired) electrons. The summed E-state index contributed by atoms with van der Waals surface area (Å²) in [5, 5.41) is 9.09. The molecule has 1 aromatic carbocycles. The maximum Gasteiger partial charge on any atom is 2.00 e. The van der Waals surface area contributed by atoms with E-state index in [1.807, 2.05) is 19.9 Å². The van der Waals surface area contributed by atoms with Crippen LogP contribution in [-0.4, -0.2) is 39.5 Å². The van der Waals surface area contributed by atoms with Crippen LogP contribution in [0.5, 0.6) is 11.5 Å². The Hall–Kier alpha value is -1.09. The Bertz CT molecular complexity index is 505. The Kier molecular flexibility index (Phi) is 10.1. The van der Waals surface area contributed by atoms with Crippen LogP contribution in [0, 0.1) is 5.39 Å². The summed E-state index contributed by atoms with van der Waals surface area (Å²) in [6.45, 7) is 7.89. The second-order valence-electron chi connectivity index (χ2n) is 4.35. The summed E-state index contributed by atoms with van der Waals surface area (Å²) < 4.78 is 16.6. The van der Waals surface area contributed by atoms with Crippen molar-refractivity contribution in [1.29, 1.82) is 5.39 Å². The molecule has 0 amide bonds. The van der Waals surface area contributed by atoms with Gasteiger partial charge in [-0.15, -0.1) is 0 Å². The number of hydrogen-bond acceptors (Lipinski definition) is 5. The van der Waals surface area contributed by atoms with Gasteiger partial charge in [0.05, 0.1) is 38.2 Å². The molecule has 1 aromatic rings. The average Bonchev–Trinajstić information content (AvgIpc) is 2.49. The molecule has 116 valence electrons. The third-order valence-corrected chi connectivity index (χ3v) is 3.10. The monoisotopic (exact) mass is 377 g/mol. The van der Waals surface area contributed by atoms with Gasteiger partial charge in [-0.3, -0.25) is 0 Å². The van der Waals surface area contributed by atoms with Crippen molar-refractivity contribution in [2.45, 2.75) is 13.8 Å². The molecule has 0 N–H and O–H groups in total. The number of ether oxygens (including phenoxy) is 3. The zero-order valence-corrected chi connectivity index (χ0v) is 16.8. The minimum atomic E-state index is 0. The first-order chi connectivity index (χ1) is 9.80. The number of rotatable bonds is 5. The number of morpholine rings is 1. The fourth-order valence-corrected chi connectivity index (χ4v) is 2.21. The van der Waals surface area contributed by atoms with Gasteiger partial charge in [0.1, 0.15) is 0 Å². The number of halogens is 1. The quantitative estimate of drug-likeness (QED) is 0.524. The van der Waals surface area contributed by atoms with Crippen LogP contribution in [0.4, 0.5) is 11.4 Å². The molecule has 8 heteroatoms. The van der Waals surface area contributed by atoms with E-state index in [1.54, 1.807) is 6.07 Å². The molecule has 1 saturated heterocycles. The summed E-state index contributed by atoms with van der Waals surface area (Å²) in [5.41, 5.74) is 1.33. The van der Waals surface area contributed by atoms with Gasteiger partial charge in [-0.2, -0.15) is 0 Å². The molecule has 1 fully saturated rings. The van der Waals surface area contributed by atoms with E-state index in [1.165, 1.54) is 0 Å². The van der Waals surface area contributed by atoms with Gasteiger partial charge in [0.15, 0.2) is 10.7 Å². The second kappa shape index (κ2) is 10.6. The van der Waals surface area contributed by atoms with E-state index in [4.69, 9.17) is 19.6 Å². The van der Waals surface area contributed by atoms with E-state index in [-0.39, 0.29) is 31.9 Å². The van der Waals surface area contributed by atoms with Crippen molar-refractivity contribution in [1.82, 2.24) is 0 Å². The second-order valence-corrected chi connectivity index (χ2v) is 4.35. The normalized spacial score (nSPS) is 13.4. The summed E-state index contributed by atoms with van der Waals surface area (Å²) >= 11 is 0. The number of nitrogens with zero attached hydrogens (tertiary/aromatic N) is 3. The van der Waals surface area contributed by atoms with Crippen molar-refractivity contribution in [2.24, 2.45) is 0 Å². The van der Waals surface area contributed by atoms with Crippen LogP contribution in [0.3, 0.4) is 0 Å². The van der Waals surface area contributed by atoms with Gasteiger partial charge in [-0.25, -0.2) is 0 Å². The van der Waals surface area contributed by atoms with Gasteiger partial charge in [0.25, 0.3) is 0 Å². The Balaban J connectivity index is 0.00000220. The number of anilines is 1. The average molecular weight is 379 g/mol. The number of benzene rings is 1. The van der Waals surface area contributed by atoms with Gasteiger partial charge in [-0.05, 0) is 13.8 Å². The van der Waals surface area contributed by atoms with E-state index in [0.29, 0.717) is 43.6 Å². The van der Waals surface area contributed by atoms with Crippen molar-refractivity contribution < 1.29 is 46.1 Å². The Morgan fingerprint density at radius 2 is 1.73 bits per heavy atom. The maximum atomic E-state index is 9.09. The van der Waals surface area contributed by atoms with Crippen molar-refractivity contribution in [3.05, 3.63) is 17.1 Å². The molecule has 0 aliphatic carbocycles. The van der Waals surface area contributed by atoms with Crippen molar-refractivity contribution in [3.63, 3.8) is 0 Å².